The Labute approximate surface area is 280 Å². The molecule has 2 heteroatoms. The quantitative estimate of drug-likeness (QED) is 0.181. The van der Waals surface area contributed by atoms with Gasteiger partial charge in [0.1, 0.15) is 0 Å². The first-order chi connectivity index (χ1) is 23.8. The lowest BCUT2D eigenvalue weighted by molar-refractivity contribution is 1.18. The number of aromatic nitrogens is 1. The third kappa shape index (κ3) is 4.83. The molecule has 226 valence electrons. The van der Waals surface area contributed by atoms with E-state index in [0.717, 1.165) is 22.7 Å². The van der Waals surface area contributed by atoms with Crippen molar-refractivity contribution >= 4 is 49.6 Å². The predicted octanol–water partition coefficient (Wildman–Crippen LogP) is 12.7. The molecule has 0 atom stereocenters. The zero-order chi connectivity index (χ0) is 31.9. The third-order valence-corrected chi connectivity index (χ3v) is 9.37. The number of hydrogen-bond donors (Lipinski definition) is 0. The minimum absolute atomic E-state index is 1.10. The molecule has 0 saturated heterocycles. The lowest BCUT2D eigenvalue weighted by Crippen LogP contribution is -2.11. The monoisotopic (exact) mass is 612 g/mol. The molecule has 0 amide bonds. The van der Waals surface area contributed by atoms with Gasteiger partial charge in [0.2, 0.25) is 0 Å². The molecule has 0 aliphatic rings. The summed E-state index contributed by atoms with van der Waals surface area (Å²) in [6.07, 6.45) is 0. The molecule has 9 rings (SSSR count). The van der Waals surface area contributed by atoms with Crippen molar-refractivity contribution in [2.24, 2.45) is 0 Å². The van der Waals surface area contributed by atoms with Gasteiger partial charge >= 0.3 is 0 Å². The summed E-state index contributed by atoms with van der Waals surface area (Å²) in [5.41, 5.74) is 11.7. The van der Waals surface area contributed by atoms with Crippen molar-refractivity contribution in [2.75, 3.05) is 4.90 Å². The molecule has 8 aromatic carbocycles. The van der Waals surface area contributed by atoms with Crippen molar-refractivity contribution in [2.45, 2.75) is 0 Å². The third-order valence-electron chi connectivity index (χ3n) is 9.37. The van der Waals surface area contributed by atoms with Crippen LogP contribution >= 0.6 is 0 Å². The topological polar surface area (TPSA) is 8.17 Å². The zero-order valence-corrected chi connectivity index (χ0v) is 26.4. The zero-order valence-electron chi connectivity index (χ0n) is 26.4. The molecule has 48 heavy (non-hydrogen) atoms. The molecule has 0 fully saturated rings. The Morgan fingerprint density at radius 1 is 0.333 bits per heavy atom. The molecular formula is C46H32N2. The number of benzene rings is 8. The second-order valence-electron chi connectivity index (χ2n) is 12.2. The molecule has 2 nitrogen and oxygen atoms in total. The van der Waals surface area contributed by atoms with Crippen LogP contribution in [0.25, 0.3) is 60.5 Å². The molecule has 0 aliphatic heterocycles. The van der Waals surface area contributed by atoms with E-state index in [2.05, 4.69) is 204 Å². The Morgan fingerprint density at radius 2 is 0.750 bits per heavy atom. The van der Waals surface area contributed by atoms with E-state index in [0.29, 0.717) is 0 Å². The standard InChI is InChI=1S/C46H32N2/c1-3-13-33(14-4-1)35-23-27-38(28-24-35)47(39-29-25-36(26-30-39)34-15-5-2-6-16-34)46-32-40(31-37-17-7-8-18-41(37)46)48-44-21-11-9-19-42(44)43-20-10-12-22-45(43)48/h1-32H. The van der Waals surface area contributed by atoms with Crippen LogP contribution in [0.1, 0.15) is 0 Å². The van der Waals surface area contributed by atoms with Gasteiger partial charge in [-0.05, 0) is 76.2 Å². The highest BCUT2D eigenvalue weighted by Crippen LogP contribution is 2.43. The lowest BCUT2D eigenvalue weighted by atomic mass is 10.0. The van der Waals surface area contributed by atoms with Crippen LogP contribution in [0.4, 0.5) is 17.1 Å². The number of rotatable bonds is 6. The van der Waals surface area contributed by atoms with Crippen molar-refractivity contribution in [3.8, 4) is 27.9 Å². The first kappa shape index (κ1) is 27.9. The number of para-hydroxylation sites is 2. The highest BCUT2D eigenvalue weighted by molar-refractivity contribution is 6.10. The van der Waals surface area contributed by atoms with Crippen molar-refractivity contribution < 1.29 is 0 Å². The number of anilines is 3. The summed E-state index contributed by atoms with van der Waals surface area (Å²) >= 11 is 0. The molecular weight excluding hydrogens is 581 g/mol. The van der Waals surface area contributed by atoms with E-state index >= 15 is 0 Å². The van der Waals surface area contributed by atoms with Crippen LogP contribution in [0.5, 0.6) is 0 Å². The smallest absolute Gasteiger partial charge is 0.0560 e. The van der Waals surface area contributed by atoms with Gasteiger partial charge < -0.3 is 9.47 Å². The fourth-order valence-electron chi connectivity index (χ4n) is 7.08. The van der Waals surface area contributed by atoms with Gasteiger partial charge in [0, 0.05) is 33.2 Å². The second-order valence-corrected chi connectivity index (χ2v) is 12.2. The van der Waals surface area contributed by atoms with Crippen LogP contribution in [-0.2, 0) is 0 Å². The van der Waals surface area contributed by atoms with Crippen molar-refractivity contribution in [1.29, 1.82) is 0 Å². The average molecular weight is 613 g/mol. The summed E-state index contributed by atoms with van der Waals surface area (Å²) in [5, 5.41) is 4.90. The van der Waals surface area contributed by atoms with Crippen LogP contribution in [0, 0.1) is 0 Å². The minimum Gasteiger partial charge on any atom is -0.310 e. The fourth-order valence-corrected chi connectivity index (χ4v) is 7.08. The fraction of sp³-hybridized carbons (Fsp3) is 0. The number of hydrogen-bond acceptors (Lipinski definition) is 1. The summed E-state index contributed by atoms with van der Waals surface area (Å²) in [6, 6.07) is 69.9. The molecule has 0 radical (unpaired) electrons. The first-order valence-corrected chi connectivity index (χ1v) is 16.4. The van der Waals surface area contributed by atoms with Gasteiger partial charge in [-0.25, -0.2) is 0 Å². The molecule has 0 N–H and O–H groups in total. The van der Waals surface area contributed by atoms with Gasteiger partial charge in [0.25, 0.3) is 0 Å². The summed E-state index contributed by atoms with van der Waals surface area (Å²) in [6.45, 7) is 0. The summed E-state index contributed by atoms with van der Waals surface area (Å²) in [4.78, 5) is 2.41. The van der Waals surface area contributed by atoms with E-state index < -0.39 is 0 Å². The van der Waals surface area contributed by atoms with Crippen LogP contribution in [0.3, 0.4) is 0 Å². The van der Waals surface area contributed by atoms with Crippen LogP contribution in [0.15, 0.2) is 194 Å². The summed E-state index contributed by atoms with van der Waals surface area (Å²) in [5.74, 6) is 0. The lowest BCUT2D eigenvalue weighted by Gasteiger charge is -2.28. The average Bonchev–Trinajstić information content (AvgIpc) is 3.51. The Balaban J connectivity index is 1.28. The van der Waals surface area contributed by atoms with E-state index in [1.54, 1.807) is 0 Å². The van der Waals surface area contributed by atoms with E-state index in [1.165, 1.54) is 54.8 Å². The summed E-state index contributed by atoms with van der Waals surface area (Å²) < 4.78 is 2.41. The van der Waals surface area contributed by atoms with Gasteiger partial charge in [-0.2, -0.15) is 0 Å². The summed E-state index contributed by atoms with van der Waals surface area (Å²) in [7, 11) is 0. The van der Waals surface area contributed by atoms with Gasteiger partial charge in [-0.3, -0.25) is 0 Å². The highest BCUT2D eigenvalue weighted by atomic mass is 15.1. The SMILES string of the molecule is c1ccc(-c2ccc(N(c3ccc(-c4ccccc4)cc3)c3cc(-n4c5ccccc5c5ccccc54)cc4ccccc34)cc2)cc1. The van der Waals surface area contributed by atoms with E-state index in [9.17, 15) is 0 Å². The van der Waals surface area contributed by atoms with E-state index in [1.807, 2.05) is 0 Å². The molecule has 0 saturated carbocycles. The van der Waals surface area contributed by atoms with Crippen molar-refractivity contribution in [1.82, 2.24) is 4.57 Å². The maximum Gasteiger partial charge on any atom is 0.0560 e. The van der Waals surface area contributed by atoms with E-state index in [-0.39, 0.29) is 0 Å². The van der Waals surface area contributed by atoms with Gasteiger partial charge in [-0.15, -0.1) is 0 Å². The maximum atomic E-state index is 2.41. The molecule has 1 aromatic heterocycles. The number of fused-ring (bicyclic) bond motifs is 4. The second kappa shape index (κ2) is 11.8. The van der Waals surface area contributed by atoms with Crippen LogP contribution in [0.2, 0.25) is 0 Å². The van der Waals surface area contributed by atoms with Crippen LogP contribution < -0.4 is 4.90 Å². The Hall–Kier alpha value is -6.38. The highest BCUT2D eigenvalue weighted by Gasteiger charge is 2.19. The van der Waals surface area contributed by atoms with Crippen LogP contribution in [-0.4, -0.2) is 4.57 Å². The predicted molar refractivity (Wildman–Crippen MR) is 204 cm³/mol. The Morgan fingerprint density at radius 3 is 1.27 bits per heavy atom. The Kier molecular flexibility index (Phi) is 6.84. The van der Waals surface area contributed by atoms with Gasteiger partial charge in [0.15, 0.2) is 0 Å². The van der Waals surface area contributed by atoms with Crippen molar-refractivity contribution in [3.63, 3.8) is 0 Å². The van der Waals surface area contributed by atoms with Gasteiger partial charge in [-0.1, -0.05) is 146 Å². The first-order valence-electron chi connectivity index (χ1n) is 16.4. The molecule has 0 bridgehead atoms. The molecule has 0 spiro atoms. The van der Waals surface area contributed by atoms with Gasteiger partial charge in [0.05, 0.1) is 16.7 Å². The molecule has 9 aromatic rings. The van der Waals surface area contributed by atoms with Crippen molar-refractivity contribution in [3.05, 3.63) is 194 Å². The molecule has 0 aliphatic carbocycles. The number of nitrogens with zero attached hydrogens (tertiary/aromatic N) is 2. The molecule has 0 unspecified atom stereocenters. The minimum atomic E-state index is 1.10. The largest absolute Gasteiger partial charge is 0.310 e. The maximum absolute atomic E-state index is 2.41. The van der Waals surface area contributed by atoms with E-state index in [4.69, 9.17) is 0 Å². The normalized spacial score (nSPS) is 11.3. The Bertz CT molecular complexity index is 2390. The molecule has 1 heterocycles.